The lowest BCUT2D eigenvalue weighted by atomic mass is 10.1. The van der Waals surface area contributed by atoms with Crippen LogP contribution >= 0.6 is 27.7 Å². The summed E-state index contributed by atoms with van der Waals surface area (Å²) in [4.78, 5) is 4.74. The van der Waals surface area contributed by atoms with Gasteiger partial charge in [0.1, 0.15) is 0 Å². The molecule has 0 bridgehead atoms. The van der Waals surface area contributed by atoms with Crippen LogP contribution in [0.5, 0.6) is 0 Å². The summed E-state index contributed by atoms with van der Waals surface area (Å²) in [6.07, 6.45) is 0. The summed E-state index contributed by atoms with van der Waals surface area (Å²) in [6, 6.07) is 4.72. The molecule has 0 saturated carbocycles. The van der Waals surface area contributed by atoms with Gasteiger partial charge in [0.25, 0.3) is 0 Å². The molecule has 0 aliphatic carbocycles. The Bertz CT molecular complexity index is 460. The highest BCUT2D eigenvalue weighted by Gasteiger charge is 2.21. The number of halogens is 1. The van der Waals surface area contributed by atoms with Crippen molar-refractivity contribution in [2.45, 2.75) is 33.7 Å². The van der Waals surface area contributed by atoms with Gasteiger partial charge in [-0.1, -0.05) is 41.5 Å². The van der Waals surface area contributed by atoms with E-state index in [9.17, 15) is 0 Å². The van der Waals surface area contributed by atoms with Gasteiger partial charge in [0, 0.05) is 15.9 Å². The maximum Gasteiger partial charge on any atom is 0.161 e. The van der Waals surface area contributed by atoms with Gasteiger partial charge in [-0.25, -0.2) is 0 Å². The first kappa shape index (κ1) is 13.9. The first-order valence-electron chi connectivity index (χ1n) is 6.21. The molecule has 1 N–H and O–H groups in total. The molecular weight excluding hydrogens is 308 g/mol. The summed E-state index contributed by atoms with van der Waals surface area (Å²) in [5, 5.41) is 4.54. The van der Waals surface area contributed by atoms with Gasteiger partial charge in [-0.3, -0.25) is 4.99 Å². The minimum atomic E-state index is 0.452. The van der Waals surface area contributed by atoms with Crippen LogP contribution in [0.25, 0.3) is 0 Å². The van der Waals surface area contributed by atoms with Crippen LogP contribution in [0.15, 0.2) is 21.6 Å². The molecule has 1 aliphatic rings. The van der Waals surface area contributed by atoms with Crippen LogP contribution in [0.1, 0.15) is 25.0 Å². The second-order valence-electron chi connectivity index (χ2n) is 5.10. The van der Waals surface area contributed by atoms with Crippen LogP contribution in [0.2, 0.25) is 0 Å². The first-order chi connectivity index (χ1) is 8.47. The summed E-state index contributed by atoms with van der Waals surface area (Å²) in [6.45, 7) is 8.71. The van der Waals surface area contributed by atoms with Crippen molar-refractivity contribution < 1.29 is 0 Å². The molecule has 0 saturated heterocycles. The normalized spacial score (nSPS) is 19.2. The average molecular weight is 327 g/mol. The van der Waals surface area contributed by atoms with Crippen molar-refractivity contribution in [2.24, 2.45) is 10.9 Å². The highest BCUT2D eigenvalue weighted by atomic mass is 79.9. The van der Waals surface area contributed by atoms with Crippen LogP contribution in [0.3, 0.4) is 0 Å². The van der Waals surface area contributed by atoms with Crippen molar-refractivity contribution in [3.05, 3.63) is 27.7 Å². The van der Waals surface area contributed by atoms with Crippen LogP contribution in [-0.2, 0) is 0 Å². The van der Waals surface area contributed by atoms with E-state index in [2.05, 4.69) is 61.1 Å². The summed E-state index contributed by atoms with van der Waals surface area (Å²) >= 11 is 5.35. The van der Waals surface area contributed by atoms with E-state index < -0.39 is 0 Å². The average Bonchev–Trinajstić information content (AvgIpc) is 2.71. The molecule has 1 aromatic rings. The zero-order valence-electron chi connectivity index (χ0n) is 11.2. The third-order valence-electron chi connectivity index (χ3n) is 3.17. The Morgan fingerprint density at radius 1 is 1.33 bits per heavy atom. The fraction of sp³-hybridized carbons (Fsp3) is 0.500. The molecule has 0 amide bonds. The predicted octanol–water partition coefficient (Wildman–Crippen LogP) is 4.61. The molecule has 2 rings (SSSR count). The Morgan fingerprint density at radius 2 is 1.94 bits per heavy atom. The SMILES string of the molecule is Cc1cc(Br)cc(C)c1NC1=NC(C(C)C)CS1. The van der Waals surface area contributed by atoms with Crippen LogP contribution in [0, 0.1) is 19.8 Å². The third kappa shape index (κ3) is 3.09. The second-order valence-corrected chi connectivity index (χ2v) is 7.02. The van der Waals surface area contributed by atoms with Crippen LogP contribution < -0.4 is 5.32 Å². The molecule has 1 aliphatic heterocycles. The van der Waals surface area contributed by atoms with E-state index in [1.54, 1.807) is 0 Å². The van der Waals surface area contributed by atoms with Gasteiger partial charge in [0.15, 0.2) is 5.17 Å². The van der Waals surface area contributed by atoms with Crippen LogP contribution in [0.4, 0.5) is 5.69 Å². The molecule has 2 nitrogen and oxygen atoms in total. The van der Waals surface area contributed by atoms with Gasteiger partial charge in [-0.2, -0.15) is 0 Å². The molecule has 4 heteroatoms. The van der Waals surface area contributed by atoms with E-state index in [0.717, 1.165) is 15.4 Å². The van der Waals surface area contributed by atoms with E-state index in [1.807, 2.05) is 11.8 Å². The number of nitrogens with zero attached hydrogens (tertiary/aromatic N) is 1. The third-order valence-corrected chi connectivity index (χ3v) is 4.62. The number of benzene rings is 1. The standard InChI is InChI=1S/C14H19BrN2S/c1-8(2)12-7-18-14(16-12)17-13-9(3)5-11(15)6-10(13)4/h5-6,8,12H,7H2,1-4H3,(H,16,17). The largest absolute Gasteiger partial charge is 0.335 e. The van der Waals surface area contributed by atoms with E-state index in [4.69, 9.17) is 4.99 Å². The Labute approximate surface area is 122 Å². The number of aliphatic imine (C=N–C) groups is 1. The van der Waals surface area contributed by atoms with Crippen LogP contribution in [-0.4, -0.2) is 17.0 Å². The highest BCUT2D eigenvalue weighted by Crippen LogP contribution is 2.29. The first-order valence-corrected chi connectivity index (χ1v) is 7.99. The van der Waals surface area contributed by atoms with Crippen molar-refractivity contribution >= 4 is 38.5 Å². The minimum Gasteiger partial charge on any atom is -0.335 e. The number of amidine groups is 1. The smallest absolute Gasteiger partial charge is 0.161 e. The maximum absolute atomic E-state index is 4.74. The quantitative estimate of drug-likeness (QED) is 0.858. The van der Waals surface area contributed by atoms with E-state index in [0.29, 0.717) is 12.0 Å². The molecule has 0 radical (unpaired) electrons. The number of hydrogen-bond acceptors (Lipinski definition) is 3. The summed E-state index contributed by atoms with van der Waals surface area (Å²) in [5.41, 5.74) is 3.69. The van der Waals surface area contributed by atoms with Crippen molar-refractivity contribution in [3.8, 4) is 0 Å². The molecule has 1 unspecified atom stereocenters. The summed E-state index contributed by atoms with van der Waals surface area (Å²) in [5.74, 6) is 1.71. The highest BCUT2D eigenvalue weighted by molar-refractivity contribution is 9.10. The zero-order valence-corrected chi connectivity index (χ0v) is 13.7. The van der Waals surface area contributed by atoms with E-state index in [1.165, 1.54) is 16.8 Å². The van der Waals surface area contributed by atoms with Gasteiger partial charge >= 0.3 is 0 Å². The lowest BCUT2D eigenvalue weighted by Gasteiger charge is -2.12. The van der Waals surface area contributed by atoms with E-state index >= 15 is 0 Å². The topological polar surface area (TPSA) is 24.4 Å². The fourth-order valence-corrected chi connectivity index (χ4v) is 3.87. The van der Waals surface area contributed by atoms with E-state index in [-0.39, 0.29) is 0 Å². The number of rotatable bonds is 2. The predicted molar refractivity (Wildman–Crippen MR) is 85.8 cm³/mol. The molecule has 0 fully saturated rings. The van der Waals surface area contributed by atoms with Gasteiger partial charge in [0.05, 0.1) is 6.04 Å². The molecule has 0 aromatic heterocycles. The number of thioether (sulfide) groups is 1. The summed E-state index contributed by atoms with van der Waals surface area (Å²) in [7, 11) is 0. The van der Waals surface area contributed by atoms with Crippen molar-refractivity contribution in [2.75, 3.05) is 11.1 Å². The number of hydrogen-bond donors (Lipinski definition) is 1. The van der Waals surface area contributed by atoms with Gasteiger partial charge in [-0.05, 0) is 43.0 Å². The Morgan fingerprint density at radius 3 is 2.44 bits per heavy atom. The maximum atomic E-state index is 4.74. The lowest BCUT2D eigenvalue weighted by molar-refractivity contribution is 0.543. The molecule has 1 heterocycles. The summed E-state index contributed by atoms with van der Waals surface area (Å²) < 4.78 is 1.13. The molecule has 1 aromatic carbocycles. The van der Waals surface area contributed by atoms with Gasteiger partial charge in [-0.15, -0.1) is 0 Å². The Balaban J connectivity index is 2.18. The number of anilines is 1. The second kappa shape index (κ2) is 5.66. The van der Waals surface area contributed by atoms with Crippen molar-refractivity contribution in [1.82, 2.24) is 0 Å². The molecule has 98 valence electrons. The van der Waals surface area contributed by atoms with Gasteiger partial charge < -0.3 is 5.32 Å². The zero-order chi connectivity index (χ0) is 13.3. The van der Waals surface area contributed by atoms with Crippen molar-refractivity contribution in [3.63, 3.8) is 0 Å². The molecule has 0 spiro atoms. The molecular formula is C14H19BrN2S. The monoisotopic (exact) mass is 326 g/mol. The molecule has 1 atom stereocenters. The number of nitrogens with one attached hydrogen (secondary N) is 1. The Kier molecular flexibility index (Phi) is 4.38. The Hall–Kier alpha value is -0.480. The fourth-order valence-electron chi connectivity index (χ4n) is 2.01. The number of aryl methyl sites for hydroxylation is 2. The lowest BCUT2D eigenvalue weighted by Crippen LogP contribution is -2.12. The van der Waals surface area contributed by atoms with Gasteiger partial charge in [0.2, 0.25) is 0 Å². The minimum absolute atomic E-state index is 0.452. The van der Waals surface area contributed by atoms with Crippen molar-refractivity contribution in [1.29, 1.82) is 0 Å². The molecule has 18 heavy (non-hydrogen) atoms.